The molecule has 2 N–H and O–H groups in total. The Morgan fingerprint density at radius 1 is 1.24 bits per heavy atom. The summed E-state index contributed by atoms with van der Waals surface area (Å²) >= 11 is 1.30. The Kier molecular flexibility index (Phi) is 7.01. The zero-order valence-corrected chi connectivity index (χ0v) is 20.2. The van der Waals surface area contributed by atoms with Crippen molar-refractivity contribution >= 4 is 23.8 Å². The number of hydrogen-bond acceptors (Lipinski definition) is 8. The average molecular weight is 483 g/mol. The van der Waals surface area contributed by atoms with E-state index in [0.717, 1.165) is 5.69 Å². The molecular formula is C23H26N6O4S. The molecule has 2 aromatic heterocycles. The summed E-state index contributed by atoms with van der Waals surface area (Å²) < 4.78 is 12.6. The summed E-state index contributed by atoms with van der Waals surface area (Å²) in [6.07, 6.45) is 0. The third-order valence-corrected chi connectivity index (χ3v) is 6.23. The van der Waals surface area contributed by atoms with Crippen LogP contribution in [0.2, 0.25) is 0 Å². The van der Waals surface area contributed by atoms with Gasteiger partial charge in [-0.1, -0.05) is 37.7 Å². The van der Waals surface area contributed by atoms with Gasteiger partial charge in [0.15, 0.2) is 0 Å². The van der Waals surface area contributed by atoms with Crippen molar-refractivity contribution in [2.24, 2.45) is 0 Å². The van der Waals surface area contributed by atoms with E-state index in [4.69, 9.17) is 9.15 Å². The van der Waals surface area contributed by atoms with Gasteiger partial charge in [-0.15, -0.1) is 5.10 Å². The van der Waals surface area contributed by atoms with Crippen LogP contribution in [-0.2, 0) is 9.53 Å². The number of aromatic nitrogens is 4. The SMILES string of the molecule is CCOC(=O)C1=C(CSc2nnnn2-c2ccc(C(C)C)cc2)NC(=O)NC1c1ccc(C)o1. The summed E-state index contributed by atoms with van der Waals surface area (Å²) in [6.45, 7) is 7.99. The molecule has 178 valence electrons. The quantitative estimate of drug-likeness (QED) is 0.368. The van der Waals surface area contributed by atoms with Crippen molar-refractivity contribution in [3.05, 3.63) is 64.8 Å². The van der Waals surface area contributed by atoms with E-state index in [2.05, 4.69) is 40.0 Å². The predicted molar refractivity (Wildman–Crippen MR) is 125 cm³/mol. The number of urea groups is 1. The first-order valence-corrected chi connectivity index (χ1v) is 11.9. The highest BCUT2D eigenvalue weighted by molar-refractivity contribution is 7.99. The molecule has 0 saturated carbocycles. The number of carbonyl (C=O) groups is 2. The van der Waals surface area contributed by atoms with Crippen LogP contribution in [0.5, 0.6) is 0 Å². The number of ether oxygens (including phenoxy) is 1. The largest absolute Gasteiger partial charge is 0.464 e. The number of thioether (sulfide) groups is 1. The summed E-state index contributed by atoms with van der Waals surface area (Å²) in [4.78, 5) is 25.3. The van der Waals surface area contributed by atoms with E-state index in [1.165, 1.54) is 17.3 Å². The molecule has 2 amide bonds. The molecule has 3 aromatic rings. The molecule has 0 spiro atoms. The van der Waals surface area contributed by atoms with Crippen LogP contribution in [0.25, 0.3) is 5.69 Å². The molecule has 1 aliphatic rings. The molecule has 4 rings (SSSR count). The average Bonchev–Trinajstić information content (AvgIpc) is 3.46. The van der Waals surface area contributed by atoms with Crippen LogP contribution in [0.15, 0.2) is 57.2 Å². The minimum Gasteiger partial charge on any atom is -0.464 e. The molecule has 0 radical (unpaired) electrons. The molecule has 1 aliphatic heterocycles. The van der Waals surface area contributed by atoms with Gasteiger partial charge in [0.2, 0.25) is 5.16 Å². The Morgan fingerprint density at radius 3 is 2.65 bits per heavy atom. The molecular weight excluding hydrogens is 456 g/mol. The molecule has 0 saturated heterocycles. The lowest BCUT2D eigenvalue weighted by molar-refractivity contribution is -0.139. The van der Waals surface area contributed by atoms with Crippen molar-refractivity contribution in [1.29, 1.82) is 0 Å². The van der Waals surface area contributed by atoms with Gasteiger partial charge in [-0.25, -0.2) is 9.59 Å². The Morgan fingerprint density at radius 2 is 2.00 bits per heavy atom. The van der Waals surface area contributed by atoms with Gasteiger partial charge < -0.3 is 19.8 Å². The number of furan rings is 1. The molecule has 0 aliphatic carbocycles. The number of benzene rings is 1. The first kappa shape index (κ1) is 23.6. The van der Waals surface area contributed by atoms with Gasteiger partial charge in [0.05, 0.1) is 17.9 Å². The second-order valence-electron chi connectivity index (χ2n) is 8.00. The van der Waals surface area contributed by atoms with Crippen LogP contribution in [0.4, 0.5) is 4.79 Å². The van der Waals surface area contributed by atoms with Crippen molar-refractivity contribution < 1.29 is 18.7 Å². The number of esters is 1. The maximum Gasteiger partial charge on any atom is 0.338 e. The highest BCUT2D eigenvalue weighted by Crippen LogP contribution is 2.31. The molecule has 1 aromatic carbocycles. The van der Waals surface area contributed by atoms with Crippen LogP contribution < -0.4 is 10.6 Å². The van der Waals surface area contributed by atoms with Crippen molar-refractivity contribution in [2.75, 3.05) is 12.4 Å². The number of amides is 2. The normalized spacial score (nSPS) is 15.9. The summed E-state index contributed by atoms with van der Waals surface area (Å²) in [5.74, 6) is 1.24. The van der Waals surface area contributed by atoms with Crippen LogP contribution >= 0.6 is 11.8 Å². The van der Waals surface area contributed by atoms with E-state index >= 15 is 0 Å². The Hall–Kier alpha value is -3.60. The minimum atomic E-state index is -0.767. The molecule has 11 heteroatoms. The lowest BCUT2D eigenvalue weighted by atomic mass is 10.0. The van der Waals surface area contributed by atoms with E-state index in [-0.39, 0.29) is 17.9 Å². The van der Waals surface area contributed by atoms with E-state index in [1.807, 2.05) is 24.3 Å². The van der Waals surface area contributed by atoms with Crippen LogP contribution in [0, 0.1) is 6.92 Å². The predicted octanol–water partition coefficient (Wildman–Crippen LogP) is 3.65. The molecule has 34 heavy (non-hydrogen) atoms. The number of tetrazole rings is 1. The van der Waals surface area contributed by atoms with Gasteiger partial charge in [-0.3, -0.25) is 0 Å². The first-order chi connectivity index (χ1) is 16.4. The summed E-state index contributed by atoms with van der Waals surface area (Å²) in [5.41, 5.74) is 2.72. The number of hydrogen-bond donors (Lipinski definition) is 2. The van der Waals surface area contributed by atoms with E-state index in [0.29, 0.717) is 28.3 Å². The lowest BCUT2D eigenvalue weighted by Crippen LogP contribution is -2.46. The van der Waals surface area contributed by atoms with Crippen molar-refractivity contribution in [1.82, 2.24) is 30.8 Å². The van der Waals surface area contributed by atoms with E-state index < -0.39 is 18.0 Å². The second-order valence-corrected chi connectivity index (χ2v) is 8.94. The van der Waals surface area contributed by atoms with E-state index in [9.17, 15) is 9.59 Å². The Bertz CT molecular complexity index is 1210. The maximum atomic E-state index is 12.9. The van der Waals surface area contributed by atoms with Crippen LogP contribution in [-0.4, -0.2) is 44.6 Å². The molecule has 1 atom stereocenters. The molecule has 0 bridgehead atoms. The molecule has 10 nitrogen and oxygen atoms in total. The number of aryl methyl sites for hydroxylation is 1. The molecule has 3 heterocycles. The smallest absolute Gasteiger partial charge is 0.338 e. The number of carbonyl (C=O) groups excluding carboxylic acids is 2. The van der Waals surface area contributed by atoms with Crippen molar-refractivity contribution in [3.8, 4) is 5.69 Å². The monoisotopic (exact) mass is 482 g/mol. The Balaban J connectivity index is 1.63. The first-order valence-electron chi connectivity index (χ1n) is 10.9. The number of rotatable bonds is 8. The van der Waals surface area contributed by atoms with Gasteiger partial charge in [0, 0.05) is 11.4 Å². The second kappa shape index (κ2) is 10.1. The van der Waals surface area contributed by atoms with Gasteiger partial charge in [-0.05, 0) is 60.0 Å². The van der Waals surface area contributed by atoms with Gasteiger partial charge >= 0.3 is 12.0 Å². The molecule has 1 unspecified atom stereocenters. The van der Waals surface area contributed by atoms with Gasteiger partial charge in [0.25, 0.3) is 0 Å². The Labute approximate surface area is 201 Å². The number of nitrogens with one attached hydrogen (secondary N) is 2. The highest BCUT2D eigenvalue weighted by Gasteiger charge is 2.35. The van der Waals surface area contributed by atoms with Crippen molar-refractivity contribution in [2.45, 2.75) is 44.8 Å². The summed E-state index contributed by atoms with van der Waals surface area (Å²) in [5, 5.41) is 18.0. The minimum absolute atomic E-state index is 0.200. The topological polar surface area (TPSA) is 124 Å². The molecule has 0 fully saturated rings. The zero-order chi connectivity index (χ0) is 24.2. The fourth-order valence-electron chi connectivity index (χ4n) is 3.57. The maximum absolute atomic E-state index is 12.9. The van der Waals surface area contributed by atoms with Gasteiger partial charge in [-0.2, -0.15) is 4.68 Å². The van der Waals surface area contributed by atoms with Crippen molar-refractivity contribution in [3.63, 3.8) is 0 Å². The number of nitrogens with zero attached hydrogens (tertiary/aromatic N) is 4. The van der Waals surface area contributed by atoms with Crippen LogP contribution in [0.3, 0.4) is 0 Å². The third kappa shape index (κ3) is 4.98. The van der Waals surface area contributed by atoms with Crippen LogP contribution in [0.1, 0.15) is 49.8 Å². The summed E-state index contributed by atoms with van der Waals surface area (Å²) in [6, 6.07) is 10.3. The summed E-state index contributed by atoms with van der Waals surface area (Å²) in [7, 11) is 0. The van der Waals surface area contributed by atoms with E-state index in [1.54, 1.807) is 30.7 Å². The highest BCUT2D eigenvalue weighted by atomic mass is 32.2. The fraction of sp³-hybridized carbons (Fsp3) is 0.348. The lowest BCUT2D eigenvalue weighted by Gasteiger charge is -2.27. The fourth-order valence-corrected chi connectivity index (χ4v) is 4.43. The zero-order valence-electron chi connectivity index (χ0n) is 19.4. The third-order valence-electron chi connectivity index (χ3n) is 5.29. The van der Waals surface area contributed by atoms with Gasteiger partial charge in [0.1, 0.15) is 17.6 Å². The standard InChI is InChI=1S/C23H26N6O4S/c1-5-32-21(30)19-17(24-22(31)25-20(19)18-11-6-14(4)33-18)12-34-23-26-27-28-29(23)16-9-7-15(8-10-16)13(2)3/h6-11,13,20H,5,12H2,1-4H3,(H2,24,25,31).